The van der Waals surface area contributed by atoms with Crippen LogP contribution in [0.4, 0.5) is 11.4 Å². The molecule has 0 unspecified atom stereocenters. The third kappa shape index (κ3) is 17.7. The molecule has 4 aliphatic heterocycles. The number of carbonyl (C=O) groups is 2. The Labute approximate surface area is 802 Å². The van der Waals surface area contributed by atoms with Crippen LogP contribution in [0.5, 0.6) is 0 Å². The summed E-state index contributed by atoms with van der Waals surface area (Å²) >= 11 is 0. The first-order chi connectivity index (χ1) is 68.1. The summed E-state index contributed by atoms with van der Waals surface area (Å²) in [5.41, 5.74) is 41.6. The monoisotopic (exact) mass is 1780 g/mol. The first-order valence-electron chi connectivity index (χ1n) is 48.1. The van der Waals surface area contributed by atoms with Crippen molar-refractivity contribution in [1.82, 2.24) is 39.9 Å². The lowest BCUT2D eigenvalue weighted by Gasteiger charge is -2.18. The molecule has 12 heteroatoms. The molecule has 12 aromatic carbocycles. The number of carbonyl (C=O) groups excluding carboxylic acids is 2. The maximum Gasteiger partial charge on any atom is 0.255 e. The maximum absolute atomic E-state index is 14.6. The number of benzene rings is 12. The standard InChI is InChI=1S/C126H100N10O2/c1-3-5-7-15-41-95-80-100(84-49-53-94(54-50-84)126(138)128-98-61-57-92(58-62-98)124-115-77-73-111(135-115)121(89-37-25-13-26-38-89)107-69-65-103(131-107)118(86-31-19-10-20-32-86)104-66-70-108(132-104)122(90-39-27-14-28-40-90)112-74-78-116(124)136-112)96(42-16-8-6-4-2)79-99(95)83-47-43-81(44-48-83)82-45-51-93(52-46-82)125(137)127-97-59-55-91(56-60-97)123-113-75-71-109(133-113)119(87-33-21-11-22-34-87)105-67-63-101(129-105)117(85-29-17-9-18-30-85)102-64-68-106(130-102)120(88-35-23-12-24-36-88)110-72-76-114(123)134-110/h9-14,17-40,43-80,129,131,134,136H,3-8,15-16,41-42H2,1-2H3,(H,127,137)(H,128,138). The third-order valence-corrected chi connectivity index (χ3v) is 26.8. The first-order valence-corrected chi connectivity index (χ1v) is 48.1. The summed E-state index contributed by atoms with van der Waals surface area (Å²) in [6.07, 6.45) is 27.9. The zero-order valence-electron chi connectivity index (χ0n) is 76.9. The highest BCUT2D eigenvalue weighted by atomic mass is 16.2. The van der Waals surface area contributed by atoms with Crippen LogP contribution in [0, 0.1) is 0 Å². The number of nitrogens with zero attached hydrogens (tertiary/aromatic N) is 4. The Kier molecular flexibility index (Phi) is 24.2. The average molecular weight is 1790 g/mol. The number of anilines is 2. The molecule has 22 rings (SSSR count). The fraction of sp³-hybridized carbons (Fsp3) is 0.0952. The van der Waals surface area contributed by atoms with E-state index in [0.717, 1.165) is 247 Å². The van der Waals surface area contributed by atoms with E-state index in [1.54, 1.807) is 0 Å². The largest absolute Gasteiger partial charge is 0.354 e. The van der Waals surface area contributed by atoms with Crippen LogP contribution >= 0.6 is 0 Å². The molecule has 6 aromatic heterocycles. The van der Waals surface area contributed by atoms with Gasteiger partial charge in [-0.25, -0.2) is 19.9 Å². The molecule has 138 heavy (non-hydrogen) atoms. The van der Waals surface area contributed by atoms with Crippen molar-refractivity contribution in [1.29, 1.82) is 0 Å². The number of aromatic amines is 4. The number of unbranched alkanes of at least 4 members (excludes halogenated alkanes) is 6. The number of hydrogen-bond donors (Lipinski definition) is 6. The zero-order chi connectivity index (χ0) is 92.8. The molecule has 6 N–H and O–H groups in total. The molecule has 12 nitrogen and oxygen atoms in total. The number of hydrogen-bond acceptors (Lipinski definition) is 6. The summed E-state index contributed by atoms with van der Waals surface area (Å²) in [6.45, 7) is 4.53. The summed E-state index contributed by atoms with van der Waals surface area (Å²) < 4.78 is 0. The lowest BCUT2D eigenvalue weighted by molar-refractivity contribution is 0.101. The fourth-order valence-electron chi connectivity index (χ4n) is 19.9. The van der Waals surface area contributed by atoms with E-state index < -0.39 is 0 Å². The van der Waals surface area contributed by atoms with Crippen molar-refractivity contribution in [2.45, 2.75) is 78.1 Å². The van der Waals surface area contributed by atoms with Crippen LogP contribution in [-0.2, 0) is 12.8 Å². The van der Waals surface area contributed by atoms with E-state index in [1.165, 1.54) is 40.7 Å². The molecule has 666 valence electrons. The van der Waals surface area contributed by atoms with E-state index in [2.05, 4.69) is 360 Å². The number of rotatable bonds is 25. The molecular weight excluding hydrogens is 1690 g/mol. The molecule has 0 fully saturated rings. The number of H-pyrrole nitrogens is 4. The van der Waals surface area contributed by atoms with E-state index >= 15 is 0 Å². The number of nitrogens with one attached hydrogen (secondary N) is 6. The highest BCUT2D eigenvalue weighted by Gasteiger charge is 2.25. The Bertz CT molecular complexity index is 8080. The molecule has 16 bridgehead atoms. The number of aryl methyl sites for hydroxylation is 2. The van der Waals surface area contributed by atoms with Crippen molar-refractivity contribution in [3.63, 3.8) is 0 Å². The zero-order valence-corrected chi connectivity index (χ0v) is 76.9. The lowest BCUT2D eigenvalue weighted by atomic mass is 9.86. The molecule has 0 saturated heterocycles. The van der Waals surface area contributed by atoms with E-state index in [9.17, 15) is 9.59 Å². The van der Waals surface area contributed by atoms with Crippen LogP contribution in [0.1, 0.15) is 143 Å². The smallest absolute Gasteiger partial charge is 0.255 e. The van der Waals surface area contributed by atoms with Gasteiger partial charge in [0.1, 0.15) is 0 Å². The molecule has 0 radical (unpaired) electrons. The topological polar surface area (TPSA) is 173 Å². The van der Waals surface area contributed by atoms with Crippen LogP contribution in [0.3, 0.4) is 0 Å². The van der Waals surface area contributed by atoms with Gasteiger partial charge in [-0.1, -0.05) is 319 Å². The second kappa shape index (κ2) is 38.8. The van der Waals surface area contributed by atoms with Gasteiger partial charge >= 0.3 is 0 Å². The minimum Gasteiger partial charge on any atom is -0.354 e. The highest BCUT2D eigenvalue weighted by molar-refractivity contribution is 6.08. The van der Waals surface area contributed by atoms with Crippen molar-refractivity contribution in [3.05, 3.63) is 432 Å². The number of fused-ring (bicyclic) bond motifs is 16. The van der Waals surface area contributed by atoms with Gasteiger partial charge in [-0.3, -0.25) is 9.59 Å². The van der Waals surface area contributed by atoms with Gasteiger partial charge < -0.3 is 30.6 Å². The van der Waals surface area contributed by atoms with Gasteiger partial charge in [0.15, 0.2) is 0 Å². The summed E-state index contributed by atoms with van der Waals surface area (Å²) in [5, 5.41) is 6.47. The maximum atomic E-state index is 14.6. The first kappa shape index (κ1) is 86.2. The Morgan fingerprint density at radius 2 is 0.420 bits per heavy atom. The van der Waals surface area contributed by atoms with Crippen molar-refractivity contribution in [2.24, 2.45) is 0 Å². The lowest BCUT2D eigenvalue weighted by Crippen LogP contribution is -2.11. The highest BCUT2D eigenvalue weighted by Crippen LogP contribution is 2.45. The third-order valence-electron chi connectivity index (χ3n) is 26.8. The van der Waals surface area contributed by atoms with Gasteiger partial charge in [0.2, 0.25) is 0 Å². The summed E-state index contributed by atoms with van der Waals surface area (Å²) in [5.74, 6) is -0.399. The van der Waals surface area contributed by atoms with Gasteiger partial charge in [0, 0.05) is 111 Å². The molecule has 4 aliphatic rings. The molecule has 2 amide bonds. The summed E-state index contributed by atoms with van der Waals surface area (Å²) in [6, 6.07) is 126. The quantitative estimate of drug-likeness (QED) is 0.0311. The van der Waals surface area contributed by atoms with Crippen LogP contribution in [0.15, 0.2) is 364 Å². The van der Waals surface area contributed by atoms with Gasteiger partial charge in [-0.15, -0.1) is 0 Å². The molecular formula is C126H100N10O2. The van der Waals surface area contributed by atoms with E-state index in [4.69, 9.17) is 19.9 Å². The SMILES string of the molecule is CCCCCCc1cc(-c2ccc(-c3ccc(C(=O)Nc4ccc(-c5c6nc(c(-c7ccccc7)c7ccc([nH]7)c(-c7ccccc7)c7nc(c(-c8ccccc8)c8ccc5[nH]8)C=C7)C=C6)cc4)cc3)cc2)c(CCCCCC)cc1-c1ccc(C(=O)Nc2ccc(-c3c4nc(c(-c5ccccc5)c5ccc([nH]5)c(-c5ccccc5)c5nc(c(-c6ccccc6)c6ccc3[nH]6)C=C5)C=C4)cc2)cc1. The second-order valence-corrected chi connectivity index (χ2v) is 35.8. The van der Waals surface area contributed by atoms with Crippen molar-refractivity contribution >= 4 is 116 Å². The minimum absolute atomic E-state index is 0.193. The fourth-order valence-corrected chi connectivity index (χ4v) is 19.9. The molecule has 10 heterocycles. The average Bonchev–Trinajstić information content (AvgIpc) is 1.61. The van der Waals surface area contributed by atoms with E-state index in [0.29, 0.717) is 22.5 Å². The predicted molar refractivity (Wildman–Crippen MR) is 576 cm³/mol. The predicted octanol–water partition coefficient (Wildman–Crippen LogP) is 32.7. The van der Waals surface area contributed by atoms with Gasteiger partial charge in [-0.2, -0.15) is 0 Å². The van der Waals surface area contributed by atoms with Gasteiger partial charge in [0.05, 0.1) is 45.6 Å². The summed E-state index contributed by atoms with van der Waals surface area (Å²) in [7, 11) is 0. The van der Waals surface area contributed by atoms with Gasteiger partial charge in [-0.05, 0) is 260 Å². The van der Waals surface area contributed by atoms with E-state index in [1.807, 2.05) is 97.1 Å². The molecule has 0 atom stereocenters. The second-order valence-electron chi connectivity index (χ2n) is 35.8. The van der Waals surface area contributed by atoms with Gasteiger partial charge in [0.25, 0.3) is 11.8 Å². The summed E-state index contributed by atoms with van der Waals surface area (Å²) in [4.78, 5) is 66.4. The van der Waals surface area contributed by atoms with Crippen LogP contribution in [-0.4, -0.2) is 51.7 Å². The Morgan fingerprint density at radius 3 is 0.652 bits per heavy atom. The Balaban J connectivity index is 0.531. The molecule has 0 aliphatic carbocycles. The van der Waals surface area contributed by atoms with Crippen LogP contribution < -0.4 is 10.6 Å². The van der Waals surface area contributed by atoms with Crippen LogP contribution in [0.2, 0.25) is 0 Å². The normalized spacial score (nSPS) is 11.9. The minimum atomic E-state index is -0.206. The Morgan fingerprint density at radius 1 is 0.217 bits per heavy atom. The van der Waals surface area contributed by atoms with Crippen molar-refractivity contribution in [2.75, 3.05) is 10.6 Å². The molecule has 0 spiro atoms. The van der Waals surface area contributed by atoms with Crippen molar-refractivity contribution in [3.8, 4) is 122 Å². The Hall–Kier alpha value is -17.2. The molecule has 18 aromatic rings. The van der Waals surface area contributed by atoms with Crippen molar-refractivity contribution < 1.29 is 9.59 Å². The number of aromatic nitrogens is 8. The van der Waals surface area contributed by atoms with E-state index in [-0.39, 0.29) is 11.8 Å². The number of amides is 2. The molecule has 0 saturated carbocycles. The van der Waals surface area contributed by atoms with Crippen LogP contribution in [0.25, 0.3) is 215 Å².